The first kappa shape index (κ1) is 21.0. The fourth-order valence-electron chi connectivity index (χ4n) is 3.64. The summed E-state index contributed by atoms with van der Waals surface area (Å²) in [6, 6.07) is 23.8. The molecular formula is C25H26ClN3. The number of fused-ring (bicyclic) bond motifs is 1. The lowest BCUT2D eigenvalue weighted by Gasteiger charge is -2.14. The van der Waals surface area contributed by atoms with Gasteiger partial charge in [-0.1, -0.05) is 68.4 Å². The van der Waals surface area contributed by atoms with E-state index in [4.69, 9.17) is 4.98 Å². The number of rotatable bonds is 5. The molecule has 0 saturated carbocycles. The highest BCUT2D eigenvalue weighted by atomic mass is 35.5. The van der Waals surface area contributed by atoms with Crippen molar-refractivity contribution in [3.05, 3.63) is 84.2 Å². The number of aromatic nitrogens is 2. The Labute approximate surface area is 178 Å². The molecule has 0 aliphatic carbocycles. The standard InChI is InChI=1S/C25H25N3.ClH/c1-3-22(26)18-10-12-19(13-11-18)25-20(17-8-6-5-7-9-17)16-21-23(4-2)27-15-14-24(21)28-25;/h5-16,22H,3-4,26H2,1-2H3;1H. The molecule has 4 heteroatoms. The van der Waals surface area contributed by atoms with E-state index in [1.807, 2.05) is 18.3 Å². The van der Waals surface area contributed by atoms with Crippen LogP contribution in [0.3, 0.4) is 0 Å². The van der Waals surface area contributed by atoms with Crippen molar-refractivity contribution >= 4 is 10.9 Å². The Kier molecular flexibility index (Phi) is 6.63. The van der Waals surface area contributed by atoms with Gasteiger partial charge in [-0.15, -0.1) is 0 Å². The molecule has 0 amide bonds. The van der Waals surface area contributed by atoms with Crippen molar-refractivity contribution in [2.75, 3.05) is 0 Å². The molecule has 29 heavy (non-hydrogen) atoms. The summed E-state index contributed by atoms with van der Waals surface area (Å²) in [5.41, 5.74) is 12.0. The van der Waals surface area contributed by atoms with Gasteiger partial charge in [-0.2, -0.15) is 0 Å². The summed E-state index contributed by atoms with van der Waals surface area (Å²) in [4.78, 5) is 9.63. The van der Waals surface area contributed by atoms with E-state index in [-0.39, 0.29) is 12.4 Å². The van der Waals surface area contributed by atoms with Crippen molar-refractivity contribution in [3.63, 3.8) is 0 Å². The molecule has 0 aliphatic heterocycles. The quantitative estimate of drug-likeness (QED) is 0.555. The van der Waals surface area contributed by atoms with Crippen molar-refractivity contribution in [2.45, 2.75) is 32.7 Å². The molecule has 3 N–H and O–H groups in total. The largest absolute Gasteiger partial charge is 1.00 e. The Bertz CT molecular complexity index is 1090. The maximum atomic E-state index is 5.07. The summed E-state index contributed by atoms with van der Waals surface area (Å²) in [6.45, 7) is 4.31. The zero-order valence-corrected chi connectivity index (χ0v) is 17.7. The molecular weight excluding hydrogens is 378 g/mol. The molecule has 2 aromatic heterocycles. The molecule has 4 aromatic rings. The number of hydrogen-bond acceptors (Lipinski definition) is 2. The predicted molar refractivity (Wildman–Crippen MR) is 116 cm³/mol. The smallest absolute Gasteiger partial charge is 0.110 e. The lowest BCUT2D eigenvalue weighted by atomic mass is 9.95. The summed E-state index contributed by atoms with van der Waals surface area (Å²) in [5, 5.41) is 1.13. The molecule has 1 atom stereocenters. The van der Waals surface area contributed by atoms with Crippen LogP contribution in [0.25, 0.3) is 33.3 Å². The number of pyridine rings is 2. The van der Waals surface area contributed by atoms with Gasteiger partial charge in [0.05, 0.1) is 11.2 Å². The van der Waals surface area contributed by atoms with Crippen molar-refractivity contribution in [3.8, 4) is 22.4 Å². The molecule has 2 heterocycles. The van der Waals surface area contributed by atoms with E-state index in [9.17, 15) is 0 Å². The van der Waals surface area contributed by atoms with E-state index in [0.29, 0.717) is 6.04 Å². The van der Waals surface area contributed by atoms with E-state index in [1.165, 1.54) is 11.1 Å². The van der Waals surface area contributed by atoms with Gasteiger partial charge in [-0.25, -0.2) is 4.98 Å². The highest BCUT2D eigenvalue weighted by molar-refractivity contribution is 5.92. The Morgan fingerprint density at radius 2 is 1.62 bits per heavy atom. The first-order valence-corrected chi connectivity index (χ1v) is 9.98. The molecule has 0 spiro atoms. The lowest BCUT2D eigenvalue weighted by molar-refractivity contribution is -0.427. The summed E-state index contributed by atoms with van der Waals surface area (Å²) < 4.78 is 0. The van der Waals surface area contributed by atoms with Crippen molar-refractivity contribution in [1.82, 2.24) is 9.97 Å². The predicted octanol–water partition coefficient (Wildman–Crippen LogP) is 2.22. The van der Waals surface area contributed by atoms with Gasteiger partial charge in [0.15, 0.2) is 0 Å². The van der Waals surface area contributed by atoms with Crippen LogP contribution in [-0.4, -0.2) is 9.97 Å². The van der Waals surface area contributed by atoms with Crippen LogP contribution in [0.4, 0.5) is 0 Å². The minimum atomic E-state index is 0. The van der Waals surface area contributed by atoms with Crippen LogP contribution in [0, 0.1) is 0 Å². The summed E-state index contributed by atoms with van der Waals surface area (Å²) in [5.74, 6) is 0. The third-order valence-corrected chi connectivity index (χ3v) is 5.39. The Balaban J connectivity index is 0.00000240. The second-order valence-corrected chi connectivity index (χ2v) is 7.16. The van der Waals surface area contributed by atoms with Crippen LogP contribution in [0.15, 0.2) is 72.9 Å². The van der Waals surface area contributed by atoms with E-state index >= 15 is 0 Å². The number of nitrogens with zero attached hydrogens (tertiary/aromatic N) is 2. The van der Waals surface area contributed by atoms with E-state index in [2.05, 4.69) is 79.2 Å². The van der Waals surface area contributed by atoms with Gasteiger partial charge in [0, 0.05) is 40.4 Å². The van der Waals surface area contributed by atoms with Crippen molar-refractivity contribution in [1.29, 1.82) is 0 Å². The van der Waals surface area contributed by atoms with Gasteiger partial charge in [-0.3, -0.25) is 4.98 Å². The van der Waals surface area contributed by atoms with Gasteiger partial charge in [-0.05, 0) is 24.1 Å². The molecule has 2 aromatic carbocycles. The van der Waals surface area contributed by atoms with Crippen LogP contribution in [0.2, 0.25) is 0 Å². The number of benzene rings is 2. The number of halogens is 1. The fraction of sp³-hybridized carbons (Fsp3) is 0.200. The highest BCUT2D eigenvalue weighted by Crippen LogP contribution is 2.34. The fourth-order valence-corrected chi connectivity index (χ4v) is 3.64. The summed E-state index contributed by atoms with van der Waals surface area (Å²) >= 11 is 0. The second-order valence-electron chi connectivity index (χ2n) is 7.16. The van der Waals surface area contributed by atoms with Crippen LogP contribution >= 0.6 is 0 Å². The van der Waals surface area contributed by atoms with Gasteiger partial charge < -0.3 is 18.1 Å². The summed E-state index contributed by atoms with van der Waals surface area (Å²) in [6.07, 6.45) is 3.79. The van der Waals surface area contributed by atoms with Crippen LogP contribution in [-0.2, 0) is 6.42 Å². The molecule has 4 rings (SSSR count). The van der Waals surface area contributed by atoms with E-state index in [0.717, 1.165) is 46.3 Å². The van der Waals surface area contributed by atoms with Gasteiger partial charge in [0.1, 0.15) is 6.04 Å². The number of quaternary nitrogens is 1. The molecule has 0 fully saturated rings. The molecule has 0 aliphatic rings. The second kappa shape index (κ2) is 9.17. The minimum Gasteiger partial charge on any atom is -1.00 e. The van der Waals surface area contributed by atoms with Crippen molar-refractivity contribution < 1.29 is 18.1 Å². The van der Waals surface area contributed by atoms with E-state index < -0.39 is 0 Å². The Morgan fingerprint density at radius 1 is 0.897 bits per heavy atom. The topological polar surface area (TPSA) is 53.4 Å². The Hall–Kier alpha value is -2.75. The monoisotopic (exact) mass is 403 g/mol. The average Bonchev–Trinajstić information content (AvgIpc) is 2.78. The number of aryl methyl sites for hydroxylation is 1. The highest BCUT2D eigenvalue weighted by Gasteiger charge is 2.14. The van der Waals surface area contributed by atoms with E-state index in [1.54, 1.807) is 0 Å². The minimum absolute atomic E-state index is 0. The third kappa shape index (κ3) is 4.16. The maximum absolute atomic E-state index is 5.07. The molecule has 0 radical (unpaired) electrons. The molecule has 1 unspecified atom stereocenters. The first-order chi connectivity index (χ1) is 13.7. The molecule has 0 bridgehead atoms. The maximum Gasteiger partial charge on any atom is 0.110 e. The molecule has 3 nitrogen and oxygen atoms in total. The number of hydrogen-bond donors (Lipinski definition) is 1. The lowest BCUT2D eigenvalue weighted by Crippen LogP contribution is -3.00. The van der Waals surface area contributed by atoms with Crippen LogP contribution in [0.5, 0.6) is 0 Å². The normalized spacial score (nSPS) is 11.8. The average molecular weight is 404 g/mol. The SMILES string of the molecule is CCc1nccc2nc(-c3ccc(C([NH3+])CC)cc3)c(-c3ccccc3)cc12.[Cl-]. The first-order valence-electron chi connectivity index (χ1n) is 9.98. The zero-order valence-electron chi connectivity index (χ0n) is 16.9. The van der Waals surface area contributed by atoms with Gasteiger partial charge >= 0.3 is 0 Å². The van der Waals surface area contributed by atoms with Crippen LogP contribution in [0.1, 0.15) is 37.6 Å². The third-order valence-electron chi connectivity index (χ3n) is 5.39. The van der Waals surface area contributed by atoms with Crippen molar-refractivity contribution in [2.24, 2.45) is 0 Å². The molecule has 0 saturated heterocycles. The van der Waals surface area contributed by atoms with Gasteiger partial charge in [0.2, 0.25) is 0 Å². The van der Waals surface area contributed by atoms with Crippen LogP contribution < -0.4 is 18.1 Å². The summed E-state index contributed by atoms with van der Waals surface area (Å²) in [7, 11) is 0. The zero-order chi connectivity index (χ0) is 19.5. The van der Waals surface area contributed by atoms with Gasteiger partial charge in [0.25, 0.3) is 0 Å². The Morgan fingerprint density at radius 3 is 2.28 bits per heavy atom. The molecule has 148 valence electrons.